The van der Waals surface area contributed by atoms with Crippen molar-refractivity contribution in [3.05, 3.63) is 34.3 Å². The van der Waals surface area contributed by atoms with Crippen LogP contribution in [0.4, 0.5) is 57.1 Å². The van der Waals surface area contributed by atoms with Crippen LogP contribution in [0.25, 0.3) is 0 Å². The summed E-state index contributed by atoms with van der Waals surface area (Å²) in [5.41, 5.74) is 0.348. The van der Waals surface area contributed by atoms with Crippen molar-refractivity contribution < 1.29 is 57.1 Å². The van der Waals surface area contributed by atoms with E-state index in [1.54, 1.807) is 0 Å². The van der Waals surface area contributed by atoms with Gasteiger partial charge in [0.15, 0.2) is 0 Å². The largest absolute Gasteiger partial charge is 0.460 e. The summed E-state index contributed by atoms with van der Waals surface area (Å²) in [6.45, 7) is 0. The van der Waals surface area contributed by atoms with Crippen LogP contribution in [0.15, 0.2) is 28.7 Å². The first-order valence-electron chi connectivity index (χ1n) is 7.92. The van der Waals surface area contributed by atoms with Crippen molar-refractivity contribution >= 4 is 15.9 Å². The minimum absolute atomic E-state index is 0.348. The zero-order valence-electron chi connectivity index (χ0n) is 14.7. The van der Waals surface area contributed by atoms with Gasteiger partial charge in [-0.15, -0.1) is 0 Å². The summed E-state index contributed by atoms with van der Waals surface area (Å²) in [6, 6.07) is 6.00. The smallest absolute Gasteiger partial charge is 0.200 e. The molecule has 0 saturated carbocycles. The second-order valence-electron chi connectivity index (χ2n) is 6.16. The van der Waals surface area contributed by atoms with Crippen LogP contribution in [-0.2, 0) is 0 Å². The van der Waals surface area contributed by atoms with Gasteiger partial charge in [0.05, 0.1) is 0 Å². The van der Waals surface area contributed by atoms with Crippen molar-refractivity contribution in [3.8, 4) is 11.8 Å². The van der Waals surface area contributed by atoms with E-state index in [9.17, 15) is 57.1 Å². The zero-order chi connectivity index (χ0) is 24.5. The lowest BCUT2D eigenvalue weighted by Crippen LogP contribution is -2.70. The minimum Gasteiger partial charge on any atom is -0.200 e. The van der Waals surface area contributed by atoms with Crippen molar-refractivity contribution in [1.29, 1.82) is 0 Å². The number of rotatable bonds is 7. The van der Waals surface area contributed by atoms with Crippen LogP contribution in [0, 0.1) is 11.8 Å². The third-order valence-corrected chi connectivity index (χ3v) is 4.40. The van der Waals surface area contributed by atoms with Crippen molar-refractivity contribution in [3.63, 3.8) is 0 Å². The summed E-state index contributed by atoms with van der Waals surface area (Å²) < 4.78 is 169. The Hall–Kier alpha value is -1.65. The van der Waals surface area contributed by atoms with Crippen LogP contribution < -0.4 is 0 Å². The Balaban J connectivity index is 3.00. The molecule has 0 aliphatic rings. The molecule has 0 N–H and O–H groups in total. The molecule has 0 aromatic heterocycles. The first-order valence-corrected chi connectivity index (χ1v) is 8.72. The van der Waals surface area contributed by atoms with Gasteiger partial charge in [0.2, 0.25) is 0 Å². The Morgan fingerprint density at radius 3 is 1.55 bits per heavy atom. The summed E-state index contributed by atoms with van der Waals surface area (Å²) in [5.74, 6) is -32.0. The summed E-state index contributed by atoms with van der Waals surface area (Å²) in [6.07, 6.45) is -11.3. The lowest BCUT2D eigenvalue weighted by Gasteiger charge is -2.39. The second kappa shape index (κ2) is 8.71. The predicted octanol–water partition coefficient (Wildman–Crippen LogP) is 7.71. The molecule has 0 spiro atoms. The molecule has 176 valence electrons. The molecule has 1 aromatic rings. The van der Waals surface area contributed by atoms with Gasteiger partial charge in [-0.2, -0.15) is 57.1 Å². The van der Waals surface area contributed by atoms with Gasteiger partial charge >= 0.3 is 35.8 Å². The molecule has 14 heteroatoms. The monoisotopic (exact) mass is 540 g/mol. The highest BCUT2D eigenvalue weighted by Gasteiger charge is 2.90. The number of unbranched alkanes of at least 4 members (excludes halogenated alkanes) is 1. The quantitative estimate of drug-likeness (QED) is 0.189. The first kappa shape index (κ1) is 27.4. The van der Waals surface area contributed by atoms with Crippen molar-refractivity contribution in [2.24, 2.45) is 0 Å². The highest BCUT2D eigenvalue weighted by atomic mass is 79.9. The average Bonchev–Trinajstić information content (AvgIpc) is 2.61. The summed E-state index contributed by atoms with van der Waals surface area (Å²) in [4.78, 5) is 0. The molecule has 0 bridgehead atoms. The molecule has 31 heavy (non-hydrogen) atoms. The van der Waals surface area contributed by atoms with E-state index in [4.69, 9.17) is 0 Å². The fraction of sp³-hybridized carbons (Fsp3) is 0.529. The minimum atomic E-state index is -7.87. The molecule has 0 atom stereocenters. The van der Waals surface area contributed by atoms with Crippen molar-refractivity contribution in [2.75, 3.05) is 0 Å². The molecule has 0 aliphatic carbocycles. The average molecular weight is 541 g/mol. The molecule has 0 aliphatic heterocycles. The number of hydrogen-bond acceptors (Lipinski definition) is 0. The molecule has 0 radical (unpaired) electrons. The van der Waals surface area contributed by atoms with Crippen LogP contribution in [0.5, 0.6) is 0 Å². The third-order valence-electron chi connectivity index (χ3n) is 3.87. The molecule has 0 unspecified atom stereocenters. The van der Waals surface area contributed by atoms with Crippen LogP contribution in [0.2, 0.25) is 0 Å². The standard InChI is InChI=1S/C17H10BrF13/c18-11-7-5-10(6-8-11)4-2-1-3-9-12(19,20)13(21,22)14(23,24)15(25,26)16(27,28)17(29,30)31/h5-8H,1,3,9H2. The van der Waals surface area contributed by atoms with E-state index in [1.807, 2.05) is 0 Å². The van der Waals surface area contributed by atoms with E-state index in [0.29, 0.717) is 10.0 Å². The topological polar surface area (TPSA) is 0 Å². The molecule has 0 saturated heterocycles. The molecule has 1 rings (SSSR count). The van der Waals surface area contributed by atoms with Gasteiger partial charge in [-0.1, -0.05) is 27.8 Å². The van der Waals surface area contributed by atoms with E-state index >= 15 is 0 Å². The Kier molecular flexibility index (Phi) is 7.69. The lowest BCUT2D eigenvalue weighted by atomic mass is 9.91. The van der Waals surface area contributed by atoms with E-state index in [2.05, 4.69) is 27.8 Å². The highest BCUT2D eigenvalue weighted by Crippen LogP contribution is 2.60. The highest BCUT2D eigenvalue weighted by molar-refractivity contribution is 9.10. The van der Waals surface area contributed by atoms with Crippen LogP contribution in [-0.4, -0.2) is 35.8 Å². The molecular formula is C17H10BrF13. The fourth-order valence-corrected chi connectivity index (χ4v) is 2.32. The molecule has 0 heterocycles. The normalized spacial score (nSPS) is 14.3. The molecule has 0 fully saturated rings. The van der Waals surface area contributed by atoms with E-state index in [0.717, 1.165) is 0 Å². The van der Waals surface area contributed by atoms with E-state index in [1.165, 1.54) is 24.3 Å². The lowest BCUT2D eigenvalue weighted by molar-refractivity contribution is -0.440. The van der Waals surface area contributed by atoms with Crippen molar-refractivity contribution in [2.45, 2.75) is 55.1 Å². The number of benzene rings is 1. The third kappa shape index (κ3) is 5.06. The Labute approximate surface area is 174 Å². The number of alkyl halides is 13. The molecule has 0 nitrogen and oxygen atoms in total. The maximum absolute atomic E-state index is 13.6. The molecular weight excluding hydrogens is 531 g/mol. The maximum atomic E-state index is 13.6. The van der Waals surface area contributed by atoms with E-state index < -0.39 is 55.1 Å². The zero-order valence-corrected chi connectivity index (χ0v) is 16.3. The van der Waals surface area contributed by atoms with Gasteiger partial charge in [-0.05, 0) is 30.7 Å². The summed E-state index contributed by atoms with van der Waals surface area (Å²) in [5, 5.41) is 0. The maximum Gasteiger partial charge on any atom is 0.460 e. The van der Waals surface area contributed by atoms with Crippen molar-refractivity contribution in [1.82, 2.24) is 0 Å². The molecule has 1 aromatic carbocycles. The molecule has 0 amide bonds. The van der Waals surface area contributed by atoms with Gasteiger partial charge in [-0.3, -0.25) is 0 Å². The van der Waals surface area contributed by atoms with Crippen LogP contribution in [0.3, 0.4) is 0 Å². The van der Waals surface area contributed by atoms with Gasteiger partial charge in [0.25, 0.3) is 0 Å². The van der Waals surface area contributed by atoms with Crippen LogP contribution in [0.1, 0.15) is 24.8 Å². The van der Waals surface area contributed by atoms with E-state index in [-0.39, 0.29) is 0 Å². The summed E-state index contributed by atoms with van der Waals surface area (Å²) in [7, 11) is 0. The second-order valence-corrected chi connectivity index (χ2v) is 7.08. The Morgan fingerprint density at radius 2 is 1.10 bits per heavy atom. The van der Waals surface area contributed by atoms with Gasteiger partial charge < -0.3 is 0 Å². The SMILES string of the molecule is FC(F)(F)C(F)(F)C(F)(F)C(F)(F)C(F)(F)C(F)(F)CCCC#Cc1ccc(Br)cc1. The van der Waals surface area contributed by atoms with Gasteiger partial charge in [0, 0.05) is 22.9 Å². The number of halogens is 14. The fourth-order valence-electron chi connectivity index (χ4n) is 2.06. The van der Waals surface area contributed by atoms with Crippen LogP contribution >= 0.6 is 15.9 Å². The summed E-state index contributed by atoms with van der Waals surface area (Å²) >= 11 is 3.11. The van der Waals surface area contributed by atoms with Gasteiger partial charge in [-0.25, -0.2) is 0 Å². The Bertz CT molecular complexity index is 813. The Morgan fingerprint density at radius 1 is 0.645 bits per heavy atom. The predicted molar refractivity (Wildman–Crippen MR) is 85.7 cm³/mol. The number of hydrogen-bond donors (Lipinski definition) is 0. The first-order chi connectivity index (χ1) is 13.7. The van der Waals surface area contributed by atoms with Gasteiger partial charge in [0.1, 0.15) is 0 Å².